The molecule has 5 heteroatoms. The largest absolute Gasteiger partial charge is 0.389 e. The molecule has 4 nitrogen and oxygen atoms in total. The number of hydroxylamine groups is 1. The average Bonchev–Trinajstić information content (AvgIpc) is 1.77. The maximum absolute atomic E-state index is 8.79. The van der Waals surface area contributed by atoms with Crippen LogP contribution in [-0.4, -0.2) is 35.6 Å². The van der Waals surface area contributed by atoms with Gasteiger partial charge in [-0.2, -0.15) is 5.48 Å². The predicted octanol–water partition coefficient (Wildman–Crippen LogP) is -1.34. The molecule has 0 aliphatic carbocycles. The smallest absolute Gasteiger partial charge is 0.106 e. The highest BCUT2D eigenvalue weighted by Gasteiger charge is 2.20. The van der Waals surface area contributed by atoms with Crippen LogP contribution in [0.15, 0.2) is 0 Å². The molecule has 9 heavy (non-hydrogen) atoms. The van der Waals surface area contributed by atoms with Crippen molar-refractivity contribution >= 4 is 12.4 Å². The standard InChI is InChI=1S/C4H9NO3.ClH/c6-3-1-5-8-2-4(3)7;/h3-7H,1-2H2;1H/t3-,4+;/m1./s1. The molecule has 56 valence electrons. The van der Waals surface area contributed by atoms with E-state index in [0.717, 1.165) is 0 Å². The molecule has 0 radical (unpaired) electrons. The Kier molecular flexibility index (Phi) is 4.09. The molecule has 1 rings (SSSR count). The van der Waals surface area contributed by atoms with Crippen LogP contribution in [-0.2, 0) is 4.84 Å². The topological polar surface area (TPSA) is 61.7 Å². The van der Waals surface area contributed by atoms with E-state index in [1.165, 1.54) is 0 Å². The second-order valence-corrected chi connectivity index (χ2v) is 1.79. The van der Waals surface area contributed by atoms with Crippen molar-refractivity contribution < 1.29 is 15.1 Å². The van der Waals surface area contributed by atoms with Crippen LogP contribution in [0.1, 0.15) is 0 Å². The van der Waals surface area contributed by atoms with Gasteiger partial charge >= 0.3 is 0 Å². The second-order valence-electron chi connectivity index (χ2n) is 1.79. The Morgan fingerprint density at radius 3 is 2.33 bits per heavy atom. The molecule has 3 N–H and O–H groups in total. The van der Waals surface area contributed by atoms with Crippen LogP contribution < -0.4 is 5.48 Å². The van der Waals surface area contributed by atoms with Crippen LogP contribution in [0.4, 0.5) is 0 Å². The molecule has 1 aliphatic heterocycles. The lowest BCUT2D eigenvalue weighted by molar-refractivity contribution is -0.118. The molecule has 0 amide bonds. The van der Waals surface area contributed by atoms with E-state index in [4.69, 9.17) is 10.2 Å². The number of rotatable bonds is 0. The van der Waals surface area contributed by atoms with Crippen molar-refractivity contribution in [2.45, 2.75) is 12.2 Å². The fraction of sp³-hybridized carbons (Fsp3) is 1.00. The zero-order valence-electron chi connectivity index (χ0n) is 4.78. The monoisotopic (exact) mass is 155 g/mol. The summed E-state index contributed by atoms with van der Waals surface area (Å²) in [5.41, 5.74) is 2.45. The van der Waals surface area contributed by atoms with E-state index in [1.54, 1.807) is 0 Å². The lowest BCUT2D eigenvalue weighted by Gasteiger charge is -2.23. The lowest BCUT2D eigenvalue weighted by atomic mass is 10.2. The van der Waals surface area contributed by atoms with E-state index >= 15 is 0 Å². The van der Waals surface area contributed by atoms with E-state index < -0.39 is 12.2 Å². The zero-order valence-corrected chi connectivity index (χ0v) is 5.60. The van der Waals surface area contributed by atoms with Gasteiger partial charge in [-0.1, -0.05) is 0 Å². The Hall–Kier alpha value is 0.130. The highest BCUT2D eigenvalue weighted by molar-refractivity contribution is 5.85. The van der Waals surface area contributed by atoms with Gasteiger partial charge in [0.25, 0.3) is 0 Å². The van der Waals surface area contributed by atoms with Crippen LogP contribution in [0.3, 0.4) is 0 Å². The molecule has 0 aromatic carbocycles. The van der Waals surface area contributed by atoms with E-state index in [2.05, 4.69) is 10.3 Å². The molecule has 1 aliphatic rings. The zero-order chi connectivity index (χ0) is 5.98. The minimum atomic E-state index is -0.726. The SMILES string of the molecule is Cl.O[C@@H]1CNOC[C@@H]1O. The number of halogens is 1. The van der Waals surface area contributed by atoms with Crippen LogP contribution in [0.25, 0.3) is 0 Å². The number of aliphatic hydroxyl groups excluding tert-OH is 2. The molecule has 1 saturated heterocycles. The third-order valence-electron chi connectivity index (χ3n) is 1.09. The molecule has 1 heterocycles. The van der Waals surface area contributed by atoms with Gasteiger partial charge in [0, 0.05) is 6.54 Å². The summed E-state index contributed by atoms with van der Waals surface area (Å²) >= 11 is 0. The maximum atomic E-state index is 8.79. The highest BCUT2D eigenvalue weighted by Crippen LogP contribution is 1.96. The summed E-state index contributed by atoms with van der Waals surface area (Å²) in [6.45, 7) is 0.475. The molecule has 0 aromatic rings. The van der Waals surface area contributed by atoms with E-state index in [-0.39, 0.29) is 19.0 Å². The number of aliphatic hydroxyl groups is 2. The fourth-order valence-corrected chi connectivity index (χ4v) is 0.536. The molecule has 1 fully saturated rings. The molecule has 0 spiro atoms. The molecule has 0 bridgehead atoms. The van der Waals surface area contributed by atoms with Crippen molar-refractivity contribution in [3.05, 3.63) is 0 Å². The summed E-state index contributed by atoms with van der Waals surface area (Å²) in [5, 5.41) is 17.5. The van der Waals surface area contributed by atoms with Crippen molar-refractivity contribution in [3.8, 4) is 0 Å². The van der Waals surface area contributed by atoms with Gasteiger partial charge in [-0.05, 0) is 0 Å². The summed E-state index contributed by atoms with van der Waals surface area (Å²) in [5.74, 6) is 0. The number of nitrogens with one attached hydrogen (secondary N) is 1. The van der Waals surface area contributed by atoms with Gasteiger partial charge in [-0.3, -0.25) is 4.84 Å². The first kappa shape index (κ1) is 9.13. The highest BCUT2D eigenvalue weighted by atomic mass is 35.5. The summed E-state index contributed by atoms with van der Waals surface area (Å²) in [7, 11) is 0. The average molecular weight is 156 g/mol. The maximum Gasteiger partial charge on any atom is 0.106 e. The minimum absolute atomic E-state index is 0. The van der Waals surface area contributed by atoms with Crippen LogP contribution in [0.5, 0.6) is 0 Å². The van der Waals surface area contributed by atoms with Crippen molar-refractivity contribution in [1.29, 1.82) is 0 Å². The van der Waals surface area contributed by atoms with Crippen molar-refractivity contribution in [1.82, 2.24) is 5.48 Å². The summed E-state index contributed by atoms with van der Waals surface area (Å²) in [4.78, 5) is 4.59. The fourth-order valence-electron chi connectivity index (χ4n) is 0.536. The second kappa shape index (κ2) is 4.03. The minimum Gasteiger partial charge on any atom is -0.389 e. The van der Waals surface area contributed by atoms with Gasteiger partial charge in [-0.15, -0.1) is 12.4 Å². The summed E-state index contributed by atoms with van der Waals surface area (Å²) < 4.78 is 0. The van der Waals surface area contributed by atoms with Crippen LogP contribution >= 0.6 is 12.4 Å². The molecule has 0 aromatic heterocycles. The number of hydrogen-bond acceptors (Lipinski definition) is 4. The quantitative estimate of drug-likeness (QED) is 0.406. The van der Waals surface area contributed by atoms with Crippen LogP contribution in [0.2, 0.25) is 0 Å². The van der Waals surface area contributed by atoms with Gasteiger partial charge in [0.15, 0.2) is 0 Å². The van der Waals surface area contributed by atoms with E-state index in [0.29, 0.717) is 6.54 Å². The van der Waals surface area contributed by atoms with E-state index in [9.17, 15) is 0 Å². The van der Waals surface area contributed by atoms with Gasteiger partial charge < -0.3 is 10.2 Å². The van der Waals surface area contributed by atoms with Crippen molar-refractivity contribution in [2.24, 2.45) is 0 Å². The van der Waals surface area contributed by atoms with E-state index in [1.807, 2.05) is 0 Å². The van der Waals surface area contributed by atoms with Gasteiger partial charge in [0.1, 0.15) is 6.10 Å². The number of hydrogen-bond donors (Lipinski definition) is 3. The first-order chi connectivity index (χ1) is 3.80. The Morgan fingerprint density at radius 1 is 1.33 bits per heavy atom. The lowest BCUT2D eigenvalue weighted by Crippen LogP contribution is -2.45. The summed E-state index contributed by atoms with van der Waals surface area (Å²) in [6, 6.07) is 0. The van der Waals surface area contributed by atoms with Gasteiger partial charge in [-0.25, -0.2) is 0 Å². The number of β-amino-alcohol motifs (C(OH)–C–C–N with tert-alkyl or cyclic N) is 1. The Labute approximate surface area is 59.2 Å². The molecular weight excluding hydrogens is 146 g/mol. The van der Waals surface area contributed by atoms with Crippen LogP contribution in [0, 0.1) is 0 Å². The molecule has 0 saturated carbocycles. The van der Waals surface area contributed by atoms with Gasteiger partial charge in [0.2, 0.25) is 0 Å². The predicted molar refractivity (Wildman–Crippen MR) is 33.2 cm³/mol. The molecule has 2 atom stereocenters. The normalized spacial score (nSPS) is 35.3. The Bertz CT molecular complexity index is 72.2. The van der Waals surface area contributed by atoms with Crippen molar-refractivity contribution in [2.75, 3.05) is 13.2 Å². The third-order valence-corrected chi connectivity index (χ3v) is 1.09. The first-order valence-corrected chi connectivity index (χ1v) is 2.51. The summed E-state index contributed by atoms with van der Waals surface area (Å²) in [6.07, 6.45) is -1.40. The molecular formula is C4H10ClNO3. The molecule has 0 unspecified atom stereocenters. The Morgan fingerprint density at radius 2 is 2.00 bits per heavy atom. The Balaban J connectivity index is 0.000000640. The van der Waals surface area contributed by atoms with Gasteiger partial charge in [0.05, 0.1) is 12.7 Å². The van der Waals surface area contributed by atoms with Crippen molar-refractivity contribution in [3.63, 3.8) is 0 Å². The first-order valence-electron chi connectivity index (χ1n) is 2.51. The third kappa shape index (κ3) is 2.47.